The Hall–Kier alpha value is -3.61. The van der Waals surface area contributed by atoms with Crippen molar-refractivity contribution < 1.29 is 17.9 Å². The van der Waals surface area contributed by atoms with E-state index in [1.54, 1.807) is 4.40 Å². The molecule has 5 aromatic rings. The number of halogens is 3. The van der Waals surface area contributed by atoms with E-state index < -0.39 is 11.7 Å². The smallest absolute Gasteiger partial charge is 0.416 e. The molecular formula is C23H16F3N3O. The lowest BCUT2D eigenvalue weighted by atomic mass is 10.1. The Labute approximate surface area is 169 Å². The van der Waals surface area contributed by atoms with Crippen molar-refractivity contribution in [1.29, 1.82) is 0 Å². The van der Waals surface area contributed by atoms with E-state index in [0.717, 1.165) is 23.1 Å². The highest BCUT2D eigenvalue weighted by Gasteiger charge is 2.31. The molecular weight excluding hydrogens is 391 g/mol. The zero-order chi connectivity index (χ0) is 20.9. The van der Waals surface area contributed by atoms with Crippen molar-refractivity contribution in [3.63, 3.8) is 0 Å². The van der Waals surface area contributed by atoms with Gasteiger partial charge in [-0.3, -0.25) is 4.40 Å². The highest BCUT2D eigenvalue weighted by molar-refractivity contribution is 5.98. The van der Waals surface area contributed by atoms with Gasteiger partial charge in [0.1, 0.15) is 11.4 Å². The molecule has 0 saturated carbocycles. The third-order valence-corrected chi connectivity index (χ3v) is 4.99. The van der Waals surface area contributed by atoms with Crippen LogP contribution in [0.4, 0.5) is 13.2 Å². The molecule has 4 nitrogen and oxygen atoms in total. The SMILES string of the molecule is CCOc1ccccc1-c1nc2ccccc2c2nc3cc(C(F)(F)F)ccc3n12. The van der Waals surface area contributed by atoms with Crippen LogP contribution in [-0.4, -0.2) is 21.0 Å². The molecule has 3 aromatic carbocycles. The van der Waals surface area contributed by atoms with Crippen molar-refractivity contribution in [3.8, 4) is 17.1 Å². The van der Waals surface area contributed by atoms with Crippen molar-refractivity contribution in [1.82, 2.24) is 14.4 Å². The zero-order valence-corrected chi connectivity index (χ0v) is 15.9. The summed E-state index contributed by atoms with van der Waals surface area (Å²) in [4.78, 5) is 9.39. The molecule has 150 valence electrons. The summed E-state index contributed by atoms with van der Waals surface area (Å²) in [5.41, 5.74) is 2.09. The molecule has 0 unspecified atom stereocenters. The lowest BCUT2D eigenvalue weighted by Gasteiger charge is -2.13. The Morgan fingerprint density at radius 3 is 2.47 bits per heavy atom. The second-order valence-electron chi connectivity index (χ2n) is 6.85. The number of nitrogens with zero attached hydrogens (tertiary/aromatic N) is 3. The van der Waals surface area contributed by atoms with E-state index in [4.69, 9.17) is 9.72 Å². The Kier molecular flexibility index (Phi) is 4.13. The maximum atomic E-state index is 13.2. The number of aromatic nitrogens is 3. The van der Waals surface area contributed by atoms with E-state index in [1.165, 1.54) is 6.07 Å². The number of hydrogen-bond donors (Lipinski definition) is 0. The van der Waals surface area contributed by atoms with E-state index in [-0.39, 0.29) is 5.52 Å². The fraction of sp³-hybridized carbons (Fsp3) is 0.130. The van der Waals surface area contributed by atoms with Gasteiger partial charge in [-0.1, -0.05) is 24.3 Å². The lowest BCUT2D eigenvalue weighted by molar-refractivity contribution is -0.137. The first kappa shape index (κ1) is 18.4. The summed E-state index contributed by atoms with van der Waals surface area (Å²) < 4.78 is 47.3. The summed E-state index contributed by atoms with van der Waals surface area (Å²) >= 11 is 0. The van der Waals surface area contributed by atoms with Crippen molar-refractivity contribution >= 4 is 27.6 Å². The van der Waals surface area contributed by atoms with E-state index in [1.807, 2.05) is 55.5 Å². The van der Waals surface area contributed by atoms with Crippen LogP contribution < -0.4 is 4.74 Å². The summed E-state index contributed by atoms with van der Waals surface area (Å²) in [5.74, 6) is 1.22. The first-order valence-corrected chi connectivity index (χ1v) is 9.47. The van der Waals surface area contributed by atoms with Gasteiger partial charge in [-0.15, -0.1) is 0 Å². The highest BCUT2D eigenvalue weighted by atomic mass is 19.4. The molecule has 7 heteroatoms. The number of benzene rings is 3. The topological polar surface area (TPSA) is 39.4 Å². The predicted molar refractivity (Wildman–Crippen MR) is 110 cm³/mol. The summed E-state index contributed by atoms with van der Waals surface area (Å²) in [6, 6.07) is 18.5. The van der Waals surface area contributed by atoms with Crippen LogP contribution in [0.25, 0.3) is 39.0 Å². The normalized spacial score (nSPS) is 12.1. The van der Waals surface area contributed by atoms with Gasteiger partial charge in [0.25, 0.3) is 0 Å². The van der Waals surface area contributed by atoms with Crippen molar-refractivity contribution in [2.75, 3.05) is 6.61 Å². The van der Waals surface area contributed by atoms with E-state index in [0.29, 0.717) is 34.9 Å². The number of para-hydroxylation sites is 2. The lowest BCUT2D eigenvalue weighted by Crippen LogP contribution is -2.04. The number of ether oxygens (including phenoxy) is 1. The van der Waals surface area contributed by atoms with Crippen molar-refractivity contribution in [2.24, 2.45) is 0 Å². The van der Waals surface area contributed by atoms with Crippen LogP contribution in [0, 0.1) is 0 Å². The minimum Gasteiger partial charge on any atom is -0.493 e. The van der Waals surface area contributed by atoms with Gasteiger partial charge in [0, 0.05) is 5.39 Å². The van der Waals surface area contributed by atoms with Crippen LogP contribution in [0.2, 0.25) is 0 Å². The summed E-state index contributed by atoms with van der Waals surface area (Å²) in [6.07, 6.45) is -4.44. The fourth-order valence-corrected chi connectivity index (χ4v) is 3.69. The summed E-state index contributed by atoms with van der Waals surface area (Å²) in [6.45, 7) is 2.37. The molecule has 0 aliphatic rings. The molecule has 0 amide bonds. The van der Waals surface area contributed by atoms with E-state index in [9.17, 15) is 13.2 Å². The molecule has 0 atom stereocenters. The number of imidazole rings is 1. The van der Waals surface area contributed by atoms with Crippen LogP contribution in [0.1, 0.15) is 12.5 Å². The zero-order valence-electron chi connectivity index (χ0n) is 15.9. The first-order valence-electron chi connectivity index (χ1n) is 9.47. The minimum atomic E-state index is -4.44. The van der Waals surface area contributed by atoms with Crippen LogP contribution in [0.15, 0.2) is 66.7 Å². The van der Waals surface area contributed by atoms with E-state index in [2.05, 4.69) is 4.98 Å². The Morgan fingerprint density at radius 1 is 0.900 bits per heavy atom. The van der Waals surface area contributed by atoms with Gasteiger partial charge in [0.2, 0.25) is 0 Å². The van der Waals surface area contributed by atoms with Gasteiger partial charge in [-0.25, -0.2) is 9.97 Å². The second kappa shape index (κ2) is 6.73. The molecule has 0 aliphatic carbocycles. The van der Waals surface area contributed by atoms with Crippen molar-refractivity contribution in [2.45, 2.75) is 13.1 Å². The van der Waals surface area contributed by atoms with Gasteiger partial charge in [-0.2, -0.15) is 13.2 Å². The van der Waals surface area contributed by atoms with Gasteiger partial charge in [-0.05, 0) is 49.4 Å². The van der Waals surface area contributed by atoms with Crippen molar-refractivity contribution in [3.05, 3.63) is 72.3 Å². The number of alkyl halides is 3. The number of hydrogen-bond acceptors (Lipinski definition) is 3. The Morgan fingerprint density at radius 2 is 1.67 bits per heavy atom. The molecule has 0 aliphatic heterocycles. The molecule has 5 rings (SSSR count). The fourth-order valence-electron chi connectivity index (χ4n) is 3.69. The highest BCUT2D eigenvalue weighted by Crippen LogP contribution is 2.36. The maximum absolute atomic E-state index is 13.2. The minimum absolute atomic E-state index is 0.262. The van der Waals surface area contributed by atoms with Gasteiger partial charge >= 0.3 is 6.18 Å². The van der Waals surface area contributed by atoms with Crippen LogP contribution in [-0.2, 0) is 6.18 Å². The maximum Gasteiger partial charge on any atom is 0.416 e. The summed E-state index contributed by atoms with van der Waals surface area (Å²) in [7, 11) is 0. The quantitative estimate of drug-likeness (QED) is 0.362. The predicted octanol–water partition coefficient (Wildman–Crippen LogP) is 6.12. The molecule has 0 saturated heterocycles. The van der Waals surface area contributed by atoms with Gasteiger partial charge in [0.15, 0.2) is 5.82 Å². The molecule has 30 heavy (non-hydrogen) atoms. The van der Waals surface area contributed by atoms with Crippen LogP contribution >= 0.6 is 0 Å². The Balaban J connectivity index is 1.92. The third-order valence-electron chi connectivity index (χ3n) is 4.99. The Bertz CT molecular complexity index is 1410. The standard InChI is InChI=1S/C23H16F3N3O/c1-2-30-20-10-6-4-8-16(20)22-27-17-9-5-3-7-15(17)21-28-18-13-14(23(24,25)26)11-12-19(18)29(21)22/h3-13H,2H2,1H3. The molecule has 2 aromatic heterocycles. The van der Waals surface area contributed by atoms with Gasteiger partial charge in [0.05, 0.1) is 34.3 Å². The monoisotopic (exact) mass is 407 g/mol. The average molecular weight is 407 g/mol. The summed E-state index contributed by atoms with van der Waals surface area (Å²) in [5, 5.41) is 0.764. The third kappa shape index (κ3) is 2.85. The van der Waals surface area contributed by atoms with Crippen LogP contribution in [0.5, 0.6) is 5.75 Å². The average Bonchev–Trinajstić information content (AvgIpc) is 3.12. The number of rotatable bonds is 3. The first-order chi connectivity index (χ1) is 14.5. The molecule has 0 spiro atoms. The molecule has 0 bridgehead atoms. The molecule has 0 radical (unpaired) electrons. The largest absolute Gasteiger partial charge is 0.493 e. The molecule has 2 heterocycles. The molecule has 0 fully saturated rings. The number of fused-ring (bicyclic) bond motifs is 5. The van der Waals surface area contributed by atoms with Crippen LogP contribution in [0.3, 0.4) is 0 Å². The molecule has 0 N–H and O–H groups in total. The van der Waals surface area contributed by atoms with E-state index >= 15 is 0 Å². The second-order valence-corrected chi connectivity index (χ2v) is 6.85. The van der Waals surface area contributed by atoms with Gasteiger partial charge < -0.3 is 4.74 Å².